The van der Waals surface area contributed by atoms with Crippen molar-refractivity contribution in [1.29, 1.82) is 0 Å². The third-order valence-electron chi connectivity index (χ3n) is 1.66. The van der Waals surface area contributed by atoms with Gasteiger partial charge in [0.25, 0.3) is 5.91 Å². The molecule has 0 unspecified atom stereocenters. The van der Waals surface area contributed by atoms with Crippen LogP contribution < -0.4 is 5.32 Å². The van der Waals surface area contributed by atoms with Gasteiger partial charge in [-0.1, -0.05) is 34.5 Å². The van der Waals surface area contributed by atoms with Gasteiger partial charge in [0, 0.05) is 21.6 Å². The highest BCUT2D eigenvalue weighted by Crippen LogP contribution is 2.19. The van der Waals surface area contributed by atoms with Gasteiger partial charge < -0.3 is 5.32 Å². The number of carbonyl (C=O) groups excluding carboxylic acids is 1. The van der Waals surface area contributed by atoms with Gasteiger partial charge in [0.05, 0.1) is 0 Å². The standard InChI is InChI=1S/C10H11BrClNO/c1-2-3-13-10(14)7-4-8(11)6-9(12)5-7/h4-6H,2-3H2,1H3,(H,13,14). The summed E-state index contributed by atoms with van der Waals surface area (Å²) in [6, 6.07) is 5.15. The minimum atomic E-state index is -0.0879. The van der Waals surface area contributed by atoms with Crippen LogP contribution in [-0.4, -0.2) is 12.5 Å². The molecule has 0 fully saturated rings. The van der Waals surface area contributed by atoms with Gasteiger partial charge in [-0.25, -0.2) is 0 Å². The highest BCUT2D eigenvalue weighted by Gasteiger charge is 2.06. The summed E-state index contributed by atoms with van der Waals surface area (Å²) in [6.07, 6.45) is 0.924. The summed E-state index contributed by atoms with van der Waals surface area (Å²) in [5.74, 6) is -0.0879. The molecule has 0 atom stereocenters. The van der Waals surface area contributed by atoms with E-state index in [1.807, 2.05) is 6.92 Å². The maximum absolute atomic E-state index is 11.5. The number of hydrogen-bond donors (Lipinski definition) is 1. The lowest BCUT2D eigenvalue weighted by Gasteiger charge is -2.04. The Hall–Kier alpha value is -0.540. The van der Waals surface area contributed by atoms with Crippen molar-refractivity contribution in [2.45, 2.75) is 13.3 Å². The molecule has 1 N–H and O–H groups in total. The molecule has 76 valence electrons. The van der Waals surface area contributed by atoms with Crippen molar-refractivity contribution in [2.75, 3.05) is 6.54 Å². The predicted molar refractivity (Wildman–Crippen MR) is 61.8 cm³/mol. The molecule has 0 radical (unpaired) electrons. The molecular weight excluding hydrogens is 265 g/mol. The van der Waals surface area contributed by atoms with Crippen molar-refractivity contribution < 1.29 is 4.79 Å². The van der Waals surface area contributed by atoms with Crippen molar-refractivity contribution in [1.82, 2.24) is 5.32 Å². The molecule has 1 amide bonds. The van der Waals surface area contributed by atoms with E-state index in [0.717, 1.165) is 10.9 Å². The molecule has 14 heavy (non-hydrogen) atoms. The molecule has 1 aromatic carbocycles. The van der Waals surface area contributed by atoms with E-state index in [2.05, 4.69) is 21.2 Å². The molecular formula is C10H11BrClNO. The molecule has 0 saturated heterocycles. The van der Waals surface area contributed by atoms with E-state index in [1.165, 1.54) is 0 Å². The Morgan fingerprint density at radius 2 is 2.21 bits per heavy atom. The minimum absolute atomic E-state index is 0.0879. The van der Waals surface area contributed by atoms with Crippen LogP contribution in [0.5, 0.6) is 0 Å². The van der Waals surface area contributed by atoms with E-state index in [0.29, 0.717) is 17.1 Å². The van der Waals surface area contributed by atoms with E-state index in [-0.39, 0.29) is 5.91 Å². The maximum atomic E-state index is 11.5. The van der Waals surface area contributed by atoms with Gasteiger partial charge in [-0.3, -0.25) is 4.79 Å². The summed E-state index contributed by atoms with van der Waals surface area (Å²) in [5.41, 5.74) is 0.581. The van der Waals surface area contributed by atoms with E-state index in [9.17, 15) is 4.79 Å². The lowest BCUT2D eigenvalue weighted by atomic mass is 10.2. The summed E-state index contributed by atoms with van der Waals surface area (Å²) in [4.78, 5) is 11.5. The lowest BCUT2D eigenvalue weighted by molar-refractivity contribution is 0.0953. The maximum Gasteiger partial charge on any atom is 0.251 e. The first kappa shape index (κ1) is 11.5. The third kappa shape index (κ3) is 3.31. The molecule has 1 aromatic rings. The fourth-order valence-corrected chi connectivity index (χ4v) is 1.89. The van der Waals surface area contributed by atoms with E-state index in [1.54, 1.807) is 18.2 Å². The van der Waals surface area contributed by atoms with Crippen molar-refractivity contribution in [3.8, 4) is 0 Å². The van der Waals surface area contributed by atoms with Gasteiger partial charge in [-0.05, 0) is 24.6 Å². The first-order valence-corrected chi connectivity index (χ1v) is 5.55. The second kappa shape index (κ2) is 5.37. The van der Waals surface area contributed by atoms with Crippen molar-refractivity contribution >= 4 is 33.4 Å². The zero-order valence-electron chi connectivity index (χ0n) is 7.81. The molecule has 0 saturated carbocycles. The fraction of sp³-hybridized carbons (Fsp3) is 0.300. The molecule has 0 bridgehead atoms. The zero-order chi connectivity index (χ0) is 10.6. The Morgan fingerprint density at radius 3 is 2.79 bits per heavy atom. The van der Waals surface area contributed by atoms with Crippen molar-refractivity contribution in [3.63, 3.8) is 0 Å². The van der Waals surface area contributed by atoms with Gasteiger partial charge in [-0.15, -0.1) is 0 Å². The average molecular weight is 277 g/mol. The summed E-state index contributed by atoms with van der Waals surface area (Å²) in [7, 11) is 0. The Balaban J connectivity index is 2.79. The highest BCUT2D eigenvalue weighted by molar-refractivity contribution is 9.10. The largest absolute Gasteiger partial charge is 0.352 e. The van der Waals surface area contributed by atoms with Crippen LogP contribution in [0.15, 0.2) is 22.7 Å². The van der Waals surface area contributed by atoms with E-state index < -0.39 is 0 Å². The summed E-state index contributed by atoms with van der Waals surface area (Å²) in [6.45, 7) is 2.69. The van der Waals surface area contributed by atoms with E-state index in [4.69, 9.17) is 11.6 Å². The summed E-state index contributed by atoms with van der Waals surface area (Å²) in [5, 5.41) is 3.34. The number of halogens is 2. The van der Waals surface area contributed by atoms with Gasteiger partial charge in [0.1, 0.15) is 0 Å². The molecule has 0 aliphatic carbocycles. The third-order valence-corrected chi connectivity index (χ3v) is 2.34. The molecule has 0 aromatic heterocycles. The fourth-order valence-electron chi connectivity index (χ4n) is 1.03. The monoisotopic (exact) mass is 275 g/mol. The van der Waals surface area contributed by atoms with Crippen molar-refractivity contribution in [2.24, 2.45) is 0 Å². The zero-order valence-corrected chi connectivity index (χ0v) is 10.2. The Labute approximate surface area is 96.8 Å². The smallest absolute Gasteiger partial charge is 0.251 e. The van der Waals surface area contributed by atoms with Crippen LogP contribution in [0.25, 0.3) is 0 Å². The topological polar surface area (TPSA) is 29.1 Å². The Kier molecular flexibility index (Phi) is 4.42. The number of hydrogen-bond acceptors (Lipinski definition) is 1. The van der Waals surface area contributed by atoms with Crippen LogP contribution in [0.1, 0.15) is 23.7 Å². The van der Waals surface area contributed by atoms with Crippen LogP contribution in [0, 0.1) is 0 Å². The molecule has 0 aliphatic rings. The lowest BCUT2D eigenvalue weighted by Crippen LogP contribution is -2.23. The van der Waals surface area contributed by atoms with Crippen LogP contribution in [0.2, 0.25) is 5.02 Å². The first-order chi connectivity index (χ1) is 6.63. The van der Waals surface area contributed by atoms with Crippen molar-refractivity contribution in [3.05, 3.63) is 33.3 Å². The van der Waals surface area contributed by atoms with Gasteiger partial charge >= 0.3 is 0 Å². The number of benzene rings is 1. The average Bonchev–Trinajstić information content (AvgIpc) is 2.12. The Bertz CT molecular complexity index is 321. The molecule has 2 nitrogen and oxygen atoms in total. The van der Waals surface area contributed by atoms with Gasteiger partial charge in [0.2, 0.25) is 0 Å². The Morgan fingerprint density at radius 1 is 1.50 bits per heavy atom. The molecule has 0 aliphatic heterocycles. The summed E-state index contributed by atoms with van der Waals surface area (Å²) >= 11 is 9.10. The van der Waals surface area contributed by atoms with Gasteiger partial charge in [0.15, 0.2) is 0 Å². The first-order valence-electron chi connectivity index (χ1n) is 4.37. The minimum Gasteiger partial charge on any atom is -0.352 e. The molecule has 4 heteroatoms. The van der Waals surface area contributed by atoms with E-state index >= 15 is 0 Å². The van der Waals surface area contributed by atoms with Crippen LogP contribution in [0.3, 0.4) is 0 Å². The number of nitrogens with one attached hydrogen (secondary N) is 1. The normalized spacial score (nSPS) is 9.93. The quantitative estimate of drug-likeness (QED) is 0.902. The van der Waals surface area contributed by atoms with Crippen LogP contribution >= 0.6 is 27.5 Å². The number of amides is 1. The van der Waals surface area contributed by atoms with Crippen LogP contribution in [0.4, 0.5) is 0 Å². The highest BCUT2D eigenvalue weighted by atomic mass is 79.9. The SMILES string of the molecule is CCCNC(=O)c1cc(Cl)cc(Br)c1. The number of rotatable bonds is 3. The molecule has 1 rings (SSSR count). The number of carbonyl (C=O) groups is 1. The second-order valence-electron chi connectivity index (χ2n) is 2.91. The van der Waals surface area contributed by atoms with Crippen LogP contribution in [-0.2, 0) is 0 Å². The summed E-state index contributed by atoms with van der Waals surface area (Å²) < 4.78 is 0.812. The predicted octanol–water partition coefficient (Wildman–Crippen LogP) is 3.24. The second-order valence-corrected chi connectivity index (χ2v) is 4.27. The van der Waals surface area contributed by atoms with Gasteiger partial charge in [-0.2, -0.15) is 0 Å². The molecule has 0 heterocycles. The molecule has 0 spiro atoms.